The number of hydrogen-bond donors (Lipinski definition) is 1. The van der Waals surface area contributed by atoms with Gasteiger partial charge in [0.05, 0.1) is 46.6 Å². The summed E-state index contributed by atoms with van der Waals surface area (Å²) in [6.07, 6.45) is -2.73. The van der Waals surface area contributed by atoms with Crippen molar-refractivity contribution < 1.29 is 27.0 Å². The van der Waals surface area contributed by atoms with Crippen molar-refractivity contribution >= 4 is 52.1 Å². The van der Waals surface area contributed by atoms with Crippen LogP contribution < -0.4 is 16.0 Å². The smallest absolute Gasteiger partial charge is 0.435 e. The van der Waals surface area contributed by atoms with Crippen LogP contribution in [0.3, 0.4) is 0 Å². The lowest BCUT2D eigenvalue weighted by Gasteiger charge is -2.15. The van der Waals surface area contributed by atoms with Crippen molar-refractivity contribution in [2.45, 2.75) is 38.6 Å². The van der Waals surface area contributed by atoms with Crippen molar-refractivity contribution in [2.75, 3.05) is 13.7 Å². The van der Waals surface area contributed by atoms with Crippen molar-refractivity contribution in [3.63, 3.8) is 0 Å². The Morgan fingerprint density at radius 3 is 2.55 bits per heavy atom. The van der Waals surface area contributed by atoms with Crippen LogP contribution in [0.15, 0.2) is 40.2 Å². The highest BCUT2D eigenvalue weighted by molar-refractivity contribution is 7.22. The van der Waals surface area contributed by atoms with Gasteiger partial charge < -0.3 is 14.5 Å². The molecule has 0 aliphatic carbocycles. The van der Waals surface area contributed by atoms with Crippen LogP contribution in [-0.4, -0.2) is 46.1 Å². The average Bonchev–Trinajstić information content (AvgIpc) is 3.48. The Morgan fingerprint density at radius 2 is 1.88 bits per heavy atom. The number of nitrogens with one attached hydrogen (secondary N) is 1. The molecule has 42 heavy (non-hydrogen) atoms. The van der Waals surface area contributed by atoms with Gasteiger partial charge in [-0.1, -0.05) is 31.2 Å². The molecule has 0 spiro atoms. The average molecular weight is 642 g/mol. The molecule has 16 heteroatoms. The summed E-state index contributed by atoms with van der Waals surface area (Å²) in [6, 6.07) is 4.67. The SMILES string of the molecule is COc1cc(-c2cc3[nH]c(=O)n(-c4cncc5c4c(C(F)(F)F)nn5COCC[Si](C)(C)C)c(=O)c3s2)c(Cl)cc1F. The molecule has 1 aromatic carbocycles. The Bertz CT molecular complexity index is 1940. The van der Waals surface area contributed by atoms with E-state index in [0.717, 1.165) is 34.3 Å². The minimum absolute atomic E-state index is 0.0246. The van der Waals surface area contributed by atoms with E-state index in [1.165, 1.54) is 25.4 Å². The molecule has 4 aromatic heterocycles. The lowest BCUT2D eigenvalue weighted by atomic mass is 10.1. The highest BCUT2D eigenvalue weighted by Gasteiger charge is 2.38. The van der Waals surface area contributed by atoms with Crippen LogP contribution >= 0.6 is 22.9 Å². The summed E-state index contributed by atoms with van der Waals surface area (Å²) in [6.45, 7) is 6.50. The lowest BCUT2D eigenvalue weighted by Crippen LogP contribution is -2.33. The number of halogens is 5. The third-order valence-electron chi connectivity index (χ3n) is 6.44. The molecule has 9 nitrogen and oxygen atoms in total. The first-order chi connectivity index (χ1) is 19.7. The highest BCUT2D eigenvalue weighted by Crippen LogP contribution is 2.39. The molecule has 0 fully saturated rings. The molecule has 0 atom stereocenters. The van der Waals surface area contributed by atoms with Crippen molar-refractivity contribution in [3.8, 4) is 21.9 Å². The number of methoxy groups -OCH3 is 1. The maximum absolute atomic E-state index is 14.2. The molecule has 0 saturated heterocycles. The third-order valence-corrected chi connectivity index (χ3v) is 9.62. The number of fused-ring (bicyclic) bond motifs is 2. The number of ether oxygens (including phenoxy) is 2. The summed E-state index contributed by atoms with van der Waals surface area (Å²) >= 11 is 7.16. The maximum atomic E-state index is 14.2. The molecule has 5 rings (SSSR count). The standard InChI is InChI=1S/C26H24ClF4N5O4SSi/c1-39-19-7-13(14(27)8-15(19)28)20-9-16-22(41-20)24(37)36(25(38)33-16)18-11-32-10-17-21(18)23(26(29,30)31)34-35(17)12-40-5-6-42(2,3)4/h7-11H,5-6,12H2,1-4H3,(H,33,38). The van der Waals surface area contributed by atoms with Crippen molar-refractivity contribution in [1.29, 1.82) is 0 Å². The number of thiophene rings is 1. The number of pyridine rings is 1. The second kappa shape index (κ2) is 10.9. The number of rotatable bonds is 8. The van der Waals surface area contributed by atoms with Crippen LogP contribution in [0.1, 0.15) is 5.69 Å². The molecule has 4 heterocycles. The molecular weight excluding hydrogens is 618 g/mol. The quantitative estimate of drug-likeness (QED) is 0.121. The first-order valence-corrected chi connectivity index (χ1v) is 17.4. The van der Waals surface area contributed by atoms with Crippen molar-refractivity contribution in [2.24, 2.45) is 0 Å². The summed E-state index contributed by atoms with van der Waals surface area (Å²) in [5, 5.41) is 3.30. The zero-order chi connectivity index (χ0) is 30.6. The van der Waals surface area contributed by atoms with E-state index in [9.17, 15) is 27.2 Å². The Kier molecular flexibility index (Phi) is 7.80. The Morgan fingerprint density at radius 1 is 1.14 bits per heavy atom. The van der Waals surface area contributed by atoms with E-state index in [0.29, 0.717) is 21.6 Å². The minimum Gasteiger partial charge on any atom is -0.494 e. The number of aromatic amines is 1. The van der Waals surface area contributed by atoms with E-state index in [-0.39, 0.29) is 33.2 Å². The molecule has 0 bridgehead atoms. The van der Waals surface area contributed by atoms with E-state index < -0.39 is 48.1 Å². The first kappa shape index (κ1) is 29.9. The Balaban J connectivity index is 1.66. The fraction of sp³-hybridized carbons (Fsp3) is 0.308. The van der Waals surface area contributed by atoms with Crippen LogP contribution in [0.2, 0.25) is 30.7 Å². The van der Waals surface area contributed by atoms with Gasteiger partial charge in [0.25, 0.3) is 5.56 Å². The molecule has 0 radical (unpaired) electrons. The van der Waals surface area contributed by atoms with Crippen LogP contribution in [-0.2, 0) is 17.6 Å². The van der Waals surface area contributed by atoms with Crippen LogP contribution in [0.4, 0.5) is 17.6 Å². The van der Waals surface area contributed by atoms with Gasteiger partial charge in [0.2, 0.25) is 0 Å². The molecule has 5 aromatic rings. The van der Waals surface area contributed by atoms with Crippen LogP contribution in [0.25, 0.3) is 37.2 Å². The first-order valence-electron chi connectivity index (χ1n) is 12.5. The maximum Gasteiger partial charge on any atom is 0.435 e. The van der Waals surface area contributed by atoms with Gasteiger partial charge in [0.1, 0.15) is 11.4 Å². The zero-order valence-corrected chi connectivity index (χ0v) is 25.3. The molecule has 0 amide bonds. The fourth-order valence-electron chi connectivity index (χ4n) is 4.33. The molecule has 1 N–H and O–H groups in total. The van der Waals surface area contributed by atoms with E-state index in [4.69, 9.17) is 21.1 Å². The minimum atomic E-state index is -4.91. The largest absolute Gasteiger partial charge is 0.494 e. The zero-order valence-electron chi connectivity index (χ0n) is 22.7. The van der Waals surface area contributed by atoms with Gasteiger partial charge >= 0.3 is 11.9 Å². The number of hydrogen-bond acceptors (Lipinski definition) is 7. The van der Waals surface area contributed by atoms with E-state index in [2.05, 4.69) is 34.7 Å². The van der Waals surface area contributed by atoms with Crippen LogP contribution in [0.5, 0.6) is 5.75 Å². The van der Waals surface area contributed by atoms with Gasteiger partial charge in [0.15, 0.2) is 17.3 Å². The second-order valence-corrected chi connectivity index (χ2v) is 17.7. The third kappa shape index (κ3) is 5.60. The van der Waals surface area contributed by atoms with E-state index in [1.54, 1.807) is 0 Å². The van der Waals surface area contributed by atoms with Gasteiger partial charge in [-0.15, -0.1) is 11.3 Å². The van der Waals surface area contributed by atoms with Crippen LogP contribution in [0, 0.1) is 5.82 Å². The van der Waals surface area contributed by atoms with E-state index >= 15 is 0 Å². The number of nitrogens with zero attached hydrogens (tertiary/aromatic N) is 4. The number of aromatic nitrogens is 5. The summed E-state index contributed by atoms with van der Waals surface area (Å²) in [4.78, 5) is 33.8. The number of benzene rings is 1. The van der Waals surface area contributed by atoms with Crippen molar-refractivity contribution in [1.82, 2.24) is 24.3 Å². The monoisotopic (exact) mass is 641 g/mol. The fourth-order valence-corrected chi connectivity index (χ4v) is 6.47. The topological polar surface area (TPSA) is 104 Å². The van der Waals surface area contributed by atoms with Crippen molar-refractivity contribution in [3.05, 3.63) is 68.0 Å². The van der Waals surface area contributed by atoms with Gasteiger partial charge in [0, 0.05) is 25.1 Å². The predicted octanol–water partition coefficient (Wildman–Crippen LogP) is 6.28. The number of H-pyrrole nitrogens is 1. The molecule has 0 aliphatic rings. The Labute approximate surface area is 245 Å². The molecule has 0 unspecified atom stereocenters. The predicted molar refractivity (Wildman–Crippen MR) is 155 cm³/mol. The summed E-state index contributed by atoms with van der Waals surface area (Å²) in [5.74, 6) is -0.775. The van der Waals surface area contributed by atoms with Gasteiger partial charge in [-0.05, 0) is 24.2 Å². The molecule has 0 aliphatic heterocycles. The normalized spacial score (nSPS) is 12.5. The molecular formula is C26H24ClF4N5O4SSi. The van der Waals surface area contributed by atoms with Gasteiger partial charge in [-0.3, -0.25) is 9.78 Å². The number of alkyl halides is 3. The van der Waals surface area contributed by atoms with Gasteiger partial charge in [-0.25, -0.2) is 18.4 Å². The van der Waals surface area contributed by atoms with E-state index in [1.807, 2.05) is 0 Å². The molecule has 0 saturated carbocycles. The van der Waals surface area contributed by atoms with Gasteiger partial charge in [-0.2, -0.15) is 18.3 Å². The summed E-state index contributed by atoms with van der Waals surface area (Å²) in [7, 11) is -0.165. The highest BCUT2D eigenvalue weighted by atomic mass is 35.5. The Hall–Kier alpha value is -3.53. The molecule has 222 valence electrons. The lowest BCUT2D eigenvalue weighted by molar-refractivity contribution is -0.140. The summed E-state index contributed by atoms with van der Waals surface area (Å²) < 4.78 is 68.9. The second-order valence-electron chi connectivity index (χ2n) is 10.6. The summed E-state index contributed by atoms with van der Waals surface area (Å²) in [5.41, 5.74) is -3.14.